The molecule has 0 spiro atoms. The lowest BCUT2D eigenvalue weighted by atomic mass is 10.1. The zero-order valence-electron chi connectivity index (χ0n) is 15.7. The summed E-state index contributed by atoms with van der Waals surface area (Å²) in [6.45, 7) is 5.21. The first-order valence-corrected chi connectivity index (χ1v) is 10.7. The van der Waals surface area contributed by atoms with E-state index in [1.165, 1.54) is 9.87 Å². The number of carbonyl (C=O) groups is 1. The molecule has 6 nitrogen and oxygen atoms in total. The Morgan fingerprint density at radius 1 is 1.07 bits per heavy atom. The fourth-order valence-corrected chi connectivity index (χ4v) is 4.68. The summed E-state index contributed by atoms with van der Waals surface area (Å²) in [4.78, 5) is 12.6. The zero-order valence-corrected chi connectivity index (χ0v) is 16.5. The standard InChI is InChI=1S/C20H25N3O3S/c1-15-7-5-10-18(16(15)2)22-19-9-4-3-8-17(19)20(24)21-11-13-23-12-6-14-27(23,25)26/h3-5,7-10,22H,6,11-14H2,1-2H3,(H,21,24). The minimum absolute atomic E-state index is 0.198. The van der Waals surface area contributed by atoms with Crippen molar-refractivity contribution in [3.63, 3.8) is 0 Å². The monoisotopic (exact) mass is 387 g/mol. The van der Waals surface area contributed by atoms with E-state index in [9.17, 15) is 13.2 Å². The Morgan fingerprint density at radius 2 is 1.81 bits per heavy atom. The number of carbonyl (C=O) groups excluding carboxylic acids is 1. The first-order valence-electron chi connectivity index (χ1n) is 9.07. The van der Waals surface area contributed by atoms with Gasteiger partial charge in [0.05, 0.1) is 17.0 Å². The number of sulfonamides is 1. The molecule has 0 radical (unpaired) electrons. The normalized spacial score (nSPS) is 16.2. The molecule has 7 heteroatoms. The predicted octanol–water partition coefficient (Wildman–Crippen LogP) is 2.81. The van der Waals surface area contributed by atoms with Crippen LogP contribution < -0.4 is 10.6 Å². The smallest absolute Gasteiger partial charge is 0.253 e. The molecular weight excluding hydrogens is 362 g/mol. The molecule has 1 amide bonds. The van der Waals surface area contributed by atoms with E-state index >= 15 is 0 Å². The van der Waals surface area contributed by atoms with E-state index in [1.807, 2.05) is 50.2 Å². The minimum atomic E-state index is -3.14. The van der Waals surface area contributed by atoms with Gasteiger partial charge in [-0.3, -0.25) is 4.79 Å². The summed E-state index contributed by atoms with van der Waals surface area (Å²) in [7, 11) is -3.14. The minimum Gasteiger partial charge on any atom is -0.355 e. The van der Waals surface area contributed by atoms with Crippen molar-refractivity contribution in [1.82, 2.24) is 9.62 Å². The Hall–Kier alpha value is -2.38. The molecule has 0 aliphatic carbocycles. The Kier molecular flexibility index (Phi) is 5.82. The van der Waals surface area contributed by atoms with Gasteiger partial charge in [0.1, 0.15) is 0 Å². The quantitative estimate of drug-likeness (QED) is 0.799. The Balaban J connectivity index is 1.68. The van der Waals surface area contributed by atoms with E-state index in [2.05, 4.69) is 10.6 Å². The first-order chi connectivity index (χ1) is 12.9. The van der Waals surface area contributed by atoms with Gasteiger partial charge in [0.25, 0.3) is 5.91 Å². The van der Waals surface area contributed by atoms with E-state index in [1.54, 1.807) is 6.07 Å². The molecule has 0 saturated carbocycles. The number of hydrogen-bond donors (Lipinski definition) is 2. The zero-order chi connectivity index (χ0) is 19.4. The van der Waals surface area contributed by atoms with E-state index < -0.39 is 10.0 Å². The second-order valence-electron chi connectivity index (χ2n) is 6.74. The summed E-state index contributed by atoms with van der Waals surface area (Å²) in [6.07, 6.45) is 0.652. The molecule has 2 aromatic rings. The van der Waals surface area contributed by atoms with Crippen LogP contribution in [0, 0.1) is 13.8 Å². The summed E-state index contributed by atoms with van der Waals surface area (Å²) >= 11 is 0. The van der Waals surface area contributed by atoms with Gasteiger partial charge in [-0.05, 0) is 49.6 Å². The molecule has 1 heterocycles. The van der Waals surface area contributed by atoms with Crippen molar-refractivity contribution in [3.8, 4) is 0 Å². The van der Waals surface area contributed by atoms with Gasteiger partial charge in [-0.15, -0.1) is 0 Å². The van der Waals surface area contributed by atoms with Gasteiger partial charge in [0, 0.05) is 25.3 Å². The molecule has 0 aromatic heterocycles. The number of nitrogens with zero attached hydrogens (tertiary/aromatic N) is 1. The largest absolute Gasteiger partial charge is 0.355 e. The van der Waals surface area contributed by atoms with Gasteiger partial charge in [0.15, 0.2) is 0 Å². The van der Waals surface area contributed by atoms with Crippen molar-refractivity contribution >= 4 is 27.3 Å². The van der Waals surface area contributed by atoms with Crippen molar-refractivity contribution in [2.24, 2.45) is 0 Å². The molecule has 144 valence electrons. The van der Waals surface area contributed by atoms with Gasteiger partial charge in [0.2, 0.25) is 10.0 Å². The molecule has 0 unspecified atom stereocenters. The Labute approximate surface area is 160 Å². The number of aryl methyl sites for hydroxylation is 1. The highest BCUT2D eigenvalue weighted by atomic mass is 32.2. The van der Waals surface area contributed by atoms with E-state index in [4.69, 9.17) is 0 Å². The molecular formula is C20H25N3O3S. The van der Waals surface area contributed by atoms with Crippen molar-refractivity contribution in [2.45, 2.75) is 20.3 Å². The Morgan fingerprint density at radius 3 is 2.56 bits per heavy atom. The number of benzene rings is 2. The van der Waals surface area contributed by atoms with Crippen LogP contribution >= 0.6 is 0 Å². The Bertz CT molecular complexity index is 941. The average Bonchev–Trinajstić information content (AvgIpc) is 2.98. The number of hydrogen-bond acceptors (Lipinski definition) is 4. The number of anilines is 2. The summed E-state index contributed by atoms with van der Waals surface area (Å²) in [5, 5.41) is 6.17. The van der Waals surface area contributed by atoms with E-state index in [-0.39, 0.29) is 18.2 Å². The van der Waals surface area contributed by atoms with E-state index in [0.717, 1.165) is 16.9 Å². The van der Waals surface area contributed by atoms with Gasteiger partial charge < -0.3 is 10.6 Å². The van der Waals surface area contributed by atoms with Gasteiger partial charge >= 0.3 is 0 Å². The molecule has 27 heavy (non-hydrogen) atoms. The van der Waals surface area contributed by atoms with Gasteiger partial charge in [-0.1, -0.05) is 24.3 Å². The number of rotatable bonds is 6. The summed E-state index contributed by atoms with van der Waals surface area (Å²) in [5.74, 6) is -0.0243. The maximum Gasteiger partial charge on any atom is 0.253 e. The third kappa shape index (κ3) is 4.48. The highest BCUT2D eigenvalue weighted by Gasteiger charge is 2.27. The van der Waals surface area contributed by atoms with Gasteiger partial charge in [-0.2, -0.15) is 0 Å². The van der Waals surface area contributed by atoms with Crippen LogP contribution in [0.1, 0.15) is 27.9 Å². The maximum atomic E-state index is 12.6. The SMILES string of the molecule is Cc1cccc(Nc2ccccc2C(=O)NCCN2CCCS2(=O)=O)c1C. The maximum absolute atomic E-state index is 12.6. The fraction of sp³-hybridized carbons (Fsp3) is 0.350. The molecule has 3 rings (SSSR count). The molecule has 1 saturated heterocycles. The highest BCUT2D eigenvalue weighted by Crippen LogP contribution is 2.25. The van der Waals surface area contributed by atoms with Crippen LogP contribution in [0.5, 0.6) is 0 Å². The second kappa shape index (κ2) is 8.10. The van der Waals surface area contributed by atoms with Crippen LogP contribution in [-0.2, 0) is 10.0 Å². The van der Waals surface area contributed by atoms with Crippen LogP contribution in [-0.4, -0.2) is 44.0 Å². The van der Waals surface area contributed by atoms with Crippen LogP contribution in [0.2, 0.25) is 0 Å². The second-order valence-corrected chi connectivity index (χ2v) is 8.83. The first kappa shape index (κ1) is 19.4. The van der Waals surface area contributed by atoms with Crippen molar-refractivity contribution in [2.75, 3.05) is 30.7 Å². The number of nitrogens with one attached hydrogen (secondary N) is 2. The fourth-order valence-electron chi connectivity index (χ4n) is 3.15. The average molecular weight is 388 g/mol. The summed E-state index contributed by atoms with van der Waals surface area (Å²) in [6, 6.07) is 13.3. The molecule has 1 aliphatic rings. The molecule has 1 fully saturated rings. The van der Waals surface area contributed by atoms with Crippen LogP contribution in [0.3, 0.4) is 0 Å². The predicted molar refractivity (Wildman–Crippen MR) is 108 cm³/mol. The van der Waals surface area contributed by atoms with Crippen LogP contribution in [0.25, 0.3) is 0 Å². The summed E-state index contributed by atoms with van der Waals surface area (Å²) in [5.41, 5.74) is 4.51. The van der Waals surface area contributed by atoms with E-state index in [0.29, 0.717) is 25.1 Å². The molecule has 2 N–H and O–H groups in total. The summed E-state index contributed by atoms with van der Waals surface area (Å²) < 4.78 is 25.1. The molecule has 0 bridgehead atoms. The lowest BCUT2D eigenvalue weighted by Gasteiger charge is -2.16. The highest BCUT2D eigenvalue weighted by molar-refractivity contribution is 7.89. The van der Waals surface area contributed by atoms with Crippen molar-refractivity contribution in [1.29, 1.82) is 0 Å². The molecule has 1 aliphatic heterocycles. The van der Waals surface area contributed by atoms with Crippen LogP contribution in [0.15, 0.2) is 42.5 Å². The lowest BCUT2D eigenvalue weighted by molar-refractivity contribution is 0.0952. The lowest BCUT2D eigenvalue weighted by Crippen LogP contribution is -2.36. The molecule has 2 aromatic carbocycles. The topological polar surface area (TPSA) is 78.5 Å². The van der Waals surface area contributed by atoms with Gasteiger partial charge in [-0.25, -0.2) is 12.7 Å². The van der Waals surface area contributed by atoms with Crippen LogP contribution in [0.4, 0.5) is 11.4 Å². The van der Waals surface area contributed by atoms with Crippen molar-refractivity contribution in [3.05, 3.63) is 59.2 Å². The third-order valence-electron chi connectivity index (χ3n) is 4.90. The van der Waals surface area contributed by atoms with Crippen molar-refractivity contribution < 1.29 is 13.2 Å². The third-order valence-corrected chi connectivity index (χ3v) is 6.85. The number of para-hydroxylation sites is 1. The number of amides is 1. The molecule has 0 atom stereocenters.